The van der Waals surface area contributed by atoms with E-state index in [1.165, 1.54) is 0 Å². The number of carbonyl (C=O) groups excluding carboxylic acids is 2. The molecule has 0 unspecified atom stereocenters. The van der Waals surface area contributed by atoms with E-state index in [2.05, 4.69) is 10.6 Å². The molecule has 2 amide bonds. The van der Waals surface area contributed by atoms with Gasteiger partial charge < -0.3 is 10.6 Å². The topological polar surface area (TPSA) is 61.4 Å². The molecule has 1 saturated heterocycles. The van der Waals surface area contributed by atoms with Crippen LogP contribution in [0.1, 0.15) is 0 Å². The van der Waals surface area contributed by atoms with Crippen LogP contribution in [0.3, 0.4) is 0 Å². The second-order valence-electron chi connectivity index (χ2n) is 2.38. The number of hydrogen-bond acceptors (Lipinski definition) is 3. The smallest absolute Gasteiger partial charge is 0.235 e. The molecular weight excluding hydrogens is 146 g/mol. The molecule has 0 aromatic carbocycles. The minimum Gasteiger partial charge on any atom is -0.357 e. The lowest BCUT2D eigenvalue weighted by Crippen LogP contribution is -2.30. The minimum absolute atomic E-state index is 0.0519. The Labute approximate surface area is 64.7 Å². The first-order valence-electron chi connectivity index (χ1n) is 3.49. The highest BCUT2D eigenvalue weighted by Crippen LogP contribution is 1.91. The fourth-order valence-electron chi connectivity index (χ4n) is 0.955. The molecule has 1 aliphatic heterocycles. The summed E-state index contributed by atoms with van der Waals surface area (Å²) < 4.78 is 0. The number of nitrogens with zero attached hydrogens (tertiary/aromatic N) is 1. The SMILES string of the molecule is O=CNCCN1CNC(=O)C1. The van der Waals surface area contributed by atoms with Crippen molar-refractivity contribution in [3.05, 3.63) is 0 Å². The third-order valence-corrected chi connectivity index (χ3v) is 1.52. The Morgan fingerprint density at radius 2 is 2.55 bits per heavy atom. The molecule has 0 atom stereocenters. The van der Waals surface area contributed by atoms with Crippen LogP contribution in [0.2, 0.25) is 0 Å². The average molecular weight is 157 g/mol. The lowest BCUT2D eigenvalue weighted by molar-refractivity contribution is -0.118. The summed E-state index contributed by atoms with van der Waals surface area (Å²) in [6.45, 7) is 2.36. The highest BCUT2D eigenvalue weighted by molar-refractivity contribution is 5.79. The van der Waals surface area contributed by atoms with Crippen molar-refractivity contribution in [2.24, 2.45) is 0 Å². The fraction of sp³-hybridized carbons (Fsp3) is 0.667. The summed E-state index contributed by atoms with van der Waals surface area (Å²) in [7, 11) is 0. The van der Waals surface area contributed by atoms with Gasteiger partial charge in [0.1, 0.15) is 0 Å². The Hall–Kier alpha value is -1.10. The zero-order chi connectivity index (χ0) is 8.10. The average Bonchev–Trinajstić information content (AvgIpc) is 2.37. The lowest BCUT2D eigenvalue weighted by atomic mass is 10.5. The zero-order valence-corrected chi connectivity index (χ0v) is 6.17. The number of nitrogens with one attached hydrogen (secondary N) is 2. The molecule has 1 aliphatic rings. The third-order valence-electron chi connectivity index (χ3n) is 1.52. The van der Waals surface area contributed by atoms with Gasteiger partial charge in [-0.2, -0.15) is 0 Å². The minimum atomic E-state index is 0.0519. The van der Waals surface area contributed by atoms with E-state index < -0.39 is 0 Å². The van der Waals surface area contributed by atoms with E-state index in [-0.39, 0.29) is 5.91 Å². The maximum absolute atomic E-state index is 10.6. The molecule has 0 spiro atoms. The largest absolute Gasteiger partial charge is 0.357 e. The molecule has 11 heavy (non-hydrogen) atoms. The molecule has 5 heteroatoms. The van der Waals surface area contributed by atoms with Crippen LogP contribution in [0.5, 0.6) is 0 Å². The maximum atomic E-state index is 10.6. The van der Waals surface area contributed by atoms with E-state index in [4.69, 9.17) is 0 Å². The van der Waals surface area contributed by atoms with Crippen molar-refractivity contribution in [3.8, 4) is 0 Å². The molecule has 0 aromatic rings. The van der Waals surface area contributed by atoms with Crippen molar-refractivity contribution in [2.75, 3.05) is 26.3 Å². The van der Waals surface area contributed by atoms with Gasteiger partial charge in [0.2, 0.25) is 12.3 Å². The van der Waals surface area contributed by atoms with E-state index in [0.29, 0.717) is 26.2 Å². The van der Waals surface area contributed by atoms with E-state index >= 15 is 0 Å². The van der Waals surface area contributed by atoms with Gasteiger partial charge >= 0.3 is 0 Å². The molecule has 62 valence electrons. The van der Waals surface area contributed by atoms with E-state index in [9.17, 15) is 9.59 Å². The predicted octanol–water partition coefficient (Wildman–Crippen LogP) is -1.88. The Kier molecular flexibility index (Phi) is 2.85. The van der Waals surface area contributed by atoms with Crippen LogP contribution >= 0.6 is 0 Å². The van der Waals surface area contributed by atoms with Crippen LogP contribution in [-0.4, -0.2) is 43.5 Å². The highest BCUT2D eigenvalue weighted by Gasteiger charge is 2.16. The number of carbonyl (C=O) groups is 2. The normalized spacial score (nSPS) is 18.0. The Morgan fingerprint density at radius 1 is 1.73 bits per heavy atom. The summed E-state index contributed by atoms with van der Waals surface area (Å²) in [6, 6.07) is 0. The zero-order valence-electron chi connectivity index (χ0n) is 6.17. The molecule has 0 bridgehead atoms. The Morgan fingerprint density at radius 3 is 3.09 bits per heavy atom. The van der Waals surface area contributed by atoms with E-state index in [1.54, 1.807) is 0 Å². The summed E-state index contributed by atoms with van der Waals surface area (Å²) in [6.07, 6.45) is 0.658. The summed E-state index contributed by atoms with van der Waals surface area (Å²) in [5.74, 6) is 0.0519. The maximum Gasteiger partial charge on any atom is 0.235 e. The van der Waals surface area contributed by atoms with Crippen LogP contribution in [-0.2, 0) is 9.59 Å². The van der Waals surface area contributed by atoms with Crippen LogP contribution in [0.25, 0.3) is 0 Å². The molecule has 1 heterocycles. The van der Waals surface area contributed by atoms with Gasteiger partial charge in [-0.05, 0) is 0 Å². The van der Waals surface area contributed by atoms with Gasteiger partial charge in [0.15, 0.2) is 0 Å². The second kappa shape index (κ2) is 3.92. The second-order valence-corrected chi connectivity index (χ2v) is 2.38. The first-order chi connectivity index (χ1) is 5.33. The van der Waals surface area contributed by atoms with Crippen LogP contribution < -0.4 is 10.6 Å². The van der Waals surface area contributed by atoms with Gasteiger partial charge in [-0.15, -0.1) is 0 Å². The first kappa shape index (κ1) is 8.00. The standard InChI is InChI=1S/C6H11N3O2/c10-5-7-1-2-9-3-6(11)8-4-9/h5H,1-4H2,(H,7,10)(H,8,11). The van der Waals surface area contributed by atoms with Gasteiger partial charge in [0.05, 0.1) is 13.2 Å². The number of hydrogen-bond donors (Lipinski definition) is 2. The summed E-state index contributed by atoms with van der Waals surface area (Å²) in [4.78, 5) is 22.4. The number of amides is 2. The van der Waals surface area contributed by atoms with Crippen LogP contribution in [0.15, 0.2) is 0 Å². The van der Waals surface area contributed by atoms with Gasteiger partial charge in [0.25, 0.3) is 0 Å². The van der Waals surface area contributed by atoms with E-state index in [0.717, 1.165) is 6.54 Å². The van der Waals surface area contributed by atoms with Crippen molar-refractivity contribution in [1.29, 1.82) is 0 Å². The van der Waals surface area contributed by atoms with Gasteiger partial charge in [-0.3, -0.25) is 14.5 Å². The van der Waals surface area contributed by atoms with Crippen molar-refractivity contribution in [1.82, 2.24) is 15.5 Å². The van der Waals surface area contributed by atoms with Gasteiger partial charge in [0, 0.05) is 13.1 Å². The lowest BCUT2D eigenvalue weighted by Gasteiger charge is -2.10. The van der Waals surface area contributed by atoms with Crippen molar-refractivity contribution in [3.63, 3.8) is 0 Å². The molecule has 5 nitrogen and oxygen atoms in total. The molecule has 0 saturated carbocycles. The van der Waals surface area contributed by atoms with Crippen LogP contribution in [0, 0.1) is 0 Å². The molecular formula is C6H11N3O2. The summed E-state index contributed by atoms with van der Waals surface area (Å²) >= 11 is 0. The van der Waals surface area contributed by atoms with Crippen molar-refractivity contribution in [2.45, 2.75) is 0 Å². The predicted molar refractivity (Wildman–Crippen MR) is 38.6 cm³/mol. The van der Waals surface area contributed by atoms with Crippen molar-refractivity contribution >= 4 is 12.3 Å². The molecule has 1 fully saturated rings. The van der Waals surface area contributed by atoms with E-state index in [1.807, 2.05) is 4.90 Å². The summed E-state index contributed by atoms with van der Waals surface area (Å²) in [5, 5.41) is 5.20. The van der Waals surface area contributed by atoms with Gasteiger partial charge in [-0.25, -0.2) is 0 Å². The van der Waals surface area contributed by atoms with Gasteiger partial charge in [-0.1, -0.05) is 0 Å². The van der Waals surface area contributed by atoms with Crippen molar-refractivity contribution < 1.29 is 9.59 Å². The molecule has 0 radical (unpaired) electrons. The van der Waals surface area contributed by atoms with Crippen LogP contribution in [0.4, 0.5) is 0 Å². The summed E-state index contributed by atoms with van der Waals surface area (Å²) in [5.41, 5.74) is 0. The molecule has 0 aliphatic carbocycles. The fourth-order valence-corrected chi connectivity index (χ4v) is 0.955. The number of rotatable bonds is 4. The molecule has 1 rings (SSSR count). The Bertz CT molecular complexity index is 160. The highest BCUT2D eigenvalue weighted by atomic mass is 16.2. The first-order valence-corrected chi connectivity index (χ1v) is 3.49. The molecule has 2 N–H and O–H groups in total. The quantitative estimate of drug-likeness (QED) is 0.371. The third kappa shape index (κ3) is 2.55. The monoisotopic (exact) mass is 157 g/mol. The molecule has 0 aromatic heterocycles. The Balaban J connectivity index is 2.08.